The minimum Gasteiger partial charge on any atom is -0.462 e. The summed E-state index contributed by atoms with van der Waals surface area (Å²) >= 11 is 0. The lowest BCUT2D eigenvalue weighted by Gasteiger charge is -2.04. The van der Waals surface area contributed by atoms with Gasteiger partial charge < -0.3 is 9.52 Å². The Bertz CT molecular complexity index is 983. The van der Waals surface area contributed by atoms with E-state index in [0.717, 1.165) is 22.2 Å². The number of aryl methyl sites for hydroxylation is 1. The summed E-state index contributed by atoms with van der Waals surface area (Å²) in [5, 5.41) is 15.3. The summed E-state index contributed by atoms with van der Waals surface area (Å²) in [7, 11) is 0. The van der Waals surface area contributed by atoms with E-state index < -0.39 is 0 Å². The first-order valence-corrected chi connectivity index (χ1v) is 7.95. The highest BCUT2D eigenvalue weighted by molar-refractivity contribution is 5.93. The van der Waals surface area contributed by atoms with Crippen molar-refractivity contribution in [1.82, 2.24) is 9.78 Å². The van der Waals surface area contributed by atoms with Gasteiger partial charge in [-0.1, -0.05) is 42.5 Å². The molecule has 2 aromatic heterocycles. The Hall–Kier alpha value is -2.85. The molecule has 0 amide bonds. The fourth-order valence-corrected chi connectivity index (χ4v) is 3.00. The summed E-state index contributed by atoms with van der Waals surface area (Å²) in [4.78, 5) is 0. The minimum atomic E-state index is -0.0647. The van der Waals surface area contributed by atoms with Crippen molar-refractivity contribution in [3.63, 3.8) is 0 Å². The quantitative estimate of drug-likeness (QED) is 0.615. The van der Waals surface area contributed by atoms with Gasteiger partial charge in [-0.15, -0.1) is 0 Å². The lowest BCUT2D eigenvalue weighted by Crippen LogP contribution is -2.01. The zero-order chi connectivity index (χ0) is 16.5. The zero-order valence-corrected chi connectivity index (χ0v) is 13.4. The third kappa shape index (κ3) is 2.51. The molecule has 0 saturated heterocycles. The number of hydrogen-bond acceptors (Lipinski definition) is 3. The Morgan fingerprint density at radius 3 is 2.71 bits per heavy atom. The maximum Gasteiger partial charge on any atom is 0.160 e. The second-order valence-electron chi connectivity index (χ2n) is 5.95. The molecule has 4 heteroatoms. The van der Waals surface area contributed by atoms with Crippen LogP contribution in [0.1, 0.15) is 16.7 Å². The normalized spacial score (nSPS) is 11.2. The summed E-state index contributed by atoms with van der Waals surface area (Å²) in [5.74, 6) is 0.637. The number of aromatic nitrogens is 2. The second-order valence-corrected chi connectivity index (χ2v) is 5.95. The molecule has 1 N–H and O–H groups in total. The number of aliphatic hydroxyl groups excluding tert-OH is 1. The third-order valence-corrected chi connectivity index (χ3v) is 4.21. The predicted octanol–water partition coefficient (Wildman–Crippen LogP) is 4.15. The summed E-state index contributed by atoms with van der Waals surface area (Å²) in [6.45, 7) is 2.70. The molecule has 2 heterocycles. The molecule has 0 atom stereocenters. The first kappa shape index (κ1) is 14.7. The highest BCUT2D eigenvalue weighted by Crippen LogP contribution is 2.32. The molecule has 0 unspecified atom stereocenters. The van der Waals surface area contributed by atoms with Gasteiger partial charge in [-0.2, -0.15) is 5.10 Å². The smallest absolute Gasteiger partial charge is 0.160 e. The maximum atomic E-state index is 9.53. The topological polar surface area (TPSA) is 51.2 Å². The number of rotatable bonds is 4. The van der Waals surface area contributed by atoms with E-state index in [9.17, 15) is 5.11 Å². The van der Waals surface area contributed by atoms with E-state index in [1.165, 1.54) is 11.1 Å². The van der Waals surface area contributed by atoms with E-state index in [0.29, 0.717) is 12.3 Å². The molecular weight excluding hydrogens is 300 g/mol. The van der Waals surface area contributed by atoms with Crippen molar-refractivity contribution in [3.8, 4) is 11.5 Å². The van der Waals surface area contributed by atoms with Gasteiger partial charge in [0.2, 0.25) is 0 Å². The van der Waals surface area contributed by atoms with E-state index in [1.54, 1.807) is 12.3 Å². The average Bonchev–Trinajstić information content (AvgIpc) is 3.20. The fourth-order valence-electron chi connectivity index (χ4n) is 3.00. The van der Waals surface area contributed by atoms with Gasteiger partial charge in [0.1, 0.15) is 5.69 Å². The van der Waals surface area contributed by atoms with Crippen LogP contribution in [-0.4, -0.2) is 14.9 Å². The number of hydrogen-bond donors (Lipinski definition) is 1. The number of fused-ring (bicyclic) bond motifs is 1. The van der Waals surface area contributed by atoms with Gasteiger partial charge in [0, 0.05) is 10.9 Å². The summed E-state index contributed by atoms with van der Waals surface area (Å²) < 4.78 is 7.60. The Morgan fingerprint density at radius 1 is 1.08 bits per heavy atom. The van der Waals surface area contributed by atoms with Crippen LogP contribution in [0.4, 0.5) is 0 Å². The van der Waals surface area contributed by atoms with Crippen LogP contribution >= 0.6 is 0 Å². The maximum absolute atomic E-state index is 9.53. The Kier molecular flexibility index (Phi) is 3.67. The van der Waals surface area contributed by atoms with Crippen LogP contribution in [0.25, 0.3) is 22.4 Å². The van der Waals surface area contributed by atoms with Crippen LogP contribution < -0.4 is 0 Å². The first-order chi connectivity index (χ1) is 11.8. The summed E-state index contributed by atoms with van der Waals surface area (Å²) in [6.07, 6.45) is 1.59. The van der Waals surface area contributed by atoms with Crippen molar-refractivity contribution in [3.05, 3.63) is 77.6 Å². The van der Waals surface area contributed by atoms with Crippen LogP contribution in [0.5, 0.6) is 0 Å². The second kappa shape index (κ2) is 5.98. The molecule has 2 aromatic carbocycles. The molecule has 0 bridgehead atoms. The van der Waals surface area contributed by atoms with Crippen molar-refractivity contribution in [1.29, 1.82) is 0 Å². The molecular formula is C20H18N2O2. The SMILES string of the molecule is Cc1ccc2c(-c3occc3CO)nn(Cc3ccccc3)c2c1. The van der Waals surface area contributed by atoms with Crippen LogP contribution in [0.3, 0.4) is 0 Å². The highest BCUT2D eigenvalue weighted by atomic mass is 16.3. The molecule has 0 aliphatic carbocycles. The standard InChI is InChI=1S/C20H18N2O2/c1-14-7-8-17-18(11-14)22(12-15-5-3-2-4-6-15)21-19(17)20-16(13-23)9-10-24-20/h2-11,23H,12-13H2,1H3. The lowest BCUT2D eigenvalue weighted by atomic mass is 10.1. The van der Waals surface area contributed by atoms with Crippen LogP contribution in [0.15, 0.2) is 65.3 Å². The van der Waals surface area contributed by atoms with Gasteiger partial charge in [-0.25, -0.2) is 0 Å². The predicted molar refractivity (Wildman–Crippen MR) is 93.6 cm³/mol. The van der Waals surface area contributed by atoms with Crippen molar-refractivity contribution in [2.45, 2.75) is 20.1 Å². The summed E-state index contributed by atoms with van der Waals surface area (Å²) in [6, 6.07) is 18.3. The molecule has 120 valence electrons. The molecule has 0 aliphatic heterocycles. The Morgan fingerprint density at radius 2 is 1.92 bits per heavy atom. The highest BCUT2D eigenvalue weighted by Gasteiger charge is 2.18. The molecule has 24 heavy (non-hydrogen) atoms. The van der Waals surface area contributed by atoms with Crippen molar-refractivity contribution < 1.29 is 9.52 Å². The third-order valence-electron chi connectivity index (χ3n) is 4.21. The van der Waals surface area contributed by atoms with Gasteiger partial charge in [0.05, 0.1) is 24.9 Å². The molecule has 4 nitrogen and oxygen atoms in total. The molecule has 0 radical (unpaired) electrons. The first-order valence-electron chi connectivity index (χ1n) is 7.95. The summed E-state index contributed by atoms with van der Waals surface area (Å²) in [5.41, 5.74) is 4.97. The largest absolute Gasteiger partial charge is 0.462 e. The van der Waals surface area contributed by atoms with E-state index in [2.05, 4.69) is 37.3 Å². The number of aliphatic hydroxyl groups is 1. The molecule has 0 aliphatic rings. The average molecular weight is 318 g/mol. The number of nitrogens with zero attached hydrogens (tertiary/aromatic N) is 2. The van der Waals surface area contributed by atoms with Crippen molar-refractivity contribution in [2.24, 2.45) is 0 Å². The number of furan rings is 1. The van der Waals surface area contributed by atoms with Gasteiger partial charge in [-0.05, 0) is 30.2 Å². The van der Waals surface area contributed by atoms with Gasteiger partial charge >= 0.3 is 0 Å². The van der Waals surface area contributed by atoms with Gasteiger partial charge in [-0.3, -0.25) is 4.68 Å². The minimum absolute atomic E-state index is 0.0647. The molecule has 0 fully saturated rings. The van der Waals surface area contributed by atoms with Crippen LogP contribution in [0.2, 0.25) is 0 Å². The van der Waals surface area contributed by atoms with Crippen LogP contribution in [0, 0.1) is 6.92 Å². The monoisotopic (exact) mass is 318 g/mol. The van der Waals surface area contributed by atoms with E-state index in [4.69, 9.17) is 9.52 Å². The Balaban J connectivity index is 1.89. The molecule has 4 aromatic rings. The van der Waals surface area contributed by atoms with E-state index in [1.807, 2.05) is 22.9 Å². The lowest BCUT2D eigenvalue weighted by molar-refractivity contribution is 0.281. The number of benzene rings is 2. The van der Waals surface area contributed by atoms with Crippen molar-refractivity contribution in [2.75, 3.05) is 0 Å². The fraction of sp³-hybridized carbons (Fsp3) is 0.150. The molecule has 4 rings (SSSR count). The van der Waals surface area contributed by atoms with E-state index in [-0.39, 0.29) is 6.61 Å². The van der Waals surface area contributed by atoms with Crippen LogP contribution in [-0.2, 0) is 13.2 Å². The Labute approximate surface area is 140 Å². The molecule has 0 spiro atoms. The van der Waals surface area contributed by atoms with E-state index >= 15 is 0 Å². The van der Waals surface area contributed by atoms with Crippen molar-refractivity contribution >= 4 is 10.9 Å². The van der Waals surface area contributed by atoms with Gasteiger partial charge in [0.25, 0.3) is 0 Å². The molecule has 0 saturated carbocycles. The zero-order valence-electron chi connectivity index (χ0n) is 13.4. The van der Waals surface area contributed by atoms with Gasteiger partial charge in [0.15, 0.2) is 5.76 Å².